The number of thiazole rings is 1. The van der Waals surface area contributed by atoms with Gasteiger partial charge in [-0.15, -0.1) is 11.3 Å². The van der Waals surface area contributed by atoms with E-state index in [0.717, 1.165) is 34.4 Å². The Hall–Kier alpha value is -2.21. The maximum Gasteiger partial charge on any atom is 0.266 e. The zero-order valence-corrected chi connectivity index (χ0v) is 20.6. The van der Waals surface area contributed by atoms with Crippen LogP contribution in [-0.2, 0) is 21.4 Å². The van der Waals surface area contributed by atoms with Gasteiger partial charge in [0.1, 0.15) is 10.3 Å². The lowest BCUT2D eigenvalue weighted by Crippen LogP contribution is -2.47. The number of ether oxygens (including phenoxy) is 2. The quantitative estimate of drug-likeness (QED) is 0.522. The molecule has 1 amide bonds. The van der Waals surface area contributed by atoms with Gasteiger partial charge in [-0.1, -0.05) is 23.8 Å². The minimum atomic E-state index is -3.73. The van der Waals surface area contributed by atoms with E-state index < -0.39 is 22.0 Å². The largest absolute Gasteiger partial charge is 0.493 e. The van der Waals surface area contributed by atoms with E-state index in [2.05, 4.69) is 4.99 Å². The van der Waals surface area contributed by atoms with Gasteiger partial charge in [0.15, 0.2) is 16.3 Å². The smallest absolute Gasteiger partial charge is 0.266 e. The highest BCUT2D eigenvalue weighted by molar-refractivity contribution is 7.91. The number of sulfonamides is 1. The zero-order chi connectivity index (χ0) is 22.9. The Labute approximate surface area is 194 Å². The molecule has 0 radical (unpaired) electrons. The highest BCUT2D eigenvalue weighted by Crippen LogP contribution is 2.33. The average Bonchev–Trinajstić information content (AvgIpc) is 3.46. The van der Waals surface area contributed by atoms with Crippen molar-refractivity contribution in [2.24, 2.45) is 4.99 Å². The topological polar surface area (TPSA) is 90.2 Å². The molecule has 3 aromatic rings. The lowest BCUT2D eigenvalue weighted by Gasteiger charge is -2.31. The summed E-state index contributed by atoms with van der Waals surface area (Å²) in [4.78, 5) is 18.2. The maximum atomic E-state index is 13.3. The van der Waals surface area contributed by atoms with Crippen LogP contribution in [0.25, 0.3) is 10.2 Å². The number of methoxy groups -OCH3 is 2. The predicted octanol–water partition coefficient (Wildman–Crippen LogP) is 3.47. The van der Waals surface area contributed by atoms with E-state index in [1.54, 1.807) is 31.7 Å². The highest BCUT2D eigenvalue weighted by Gasteiger charge is 2.38. The second kappa shape index (κ2) is 9.34. The van der Waals surface area contributed by atoms with Crippen LogP contribution < -0.4 is 14.3 Å². The number of amides is 1. The van der Waals surface area contributed by atoms with Crippen molar-refractivity contribution < 1.29 is 22.7 Å². The third kappa shape index (κ3) is 4.09. The van der Waals surface area contributed by atoms with Crippen LogP contribution in [0.2, 0.25) is 0 Å². The van der Waals surface area contributed by atoms with Crippen molar-refractivity contribution in [1.29, 1.82) is 0 Å². The first-order valence-corrected chi connectivity index (χ1v) is 13.4. The first-order chi connectivity index (χ1) is 15.4. The van der Waals surface area contributed by atoms with Gasteiger partial charge >= 0.3 is 0 Å². The minimum absolute atomic E-state index is 0.252. The van der Waals surface area contributed by atoms with E-state index in [1.165, 1.54) is 15.6 Å². The lowest BCUT2D eigenvalue weighted by molar-refractivity contribution is -0.122. The van der Waals surface area contributed by atoms with Crippen LogP contribution in [-0.4, -0.2) is 50.0 Å². The zero-order valence-electron chi connectivity index (χ0n) is 18.1. The number of carbonyl (C=O) groups is 1. The fraction of sp³-hybridized carbons (Fsp3) is 0.429. The number of hydrogen-bond acceptors (Lipinski definition) is 7. The number of piperidine rings is 1. The van der Waals surface area contributed by atoms with Crippen molar-refractivity contribution in [3.05, 3.63) is 34.4 Å². The summed E-state index contributed by atoms with van der Waals surface area (Å²) < 4.78 is 41.5. The summed E-state index contributed by atoms with van der Waals surface area (Å²) >= 11 is 2.53. The van der Waals surface area contributed by atoms with Gasteiger partial charge in [0, 0.05) is 25.2 Å². The molecule has 32 heavy (non-hydrogen) atoms. The lowest BCUT2D eigenvalue weighted by atomic mass is 10.0. The van der Waals surface area contributed by atoms with E-state index in [-0.39, 0.29) is 4.21 Å². The summed E-state index contributed by atoms with van der Waals surface area (Å²) in [5.74, 6) is 0.763. The first-order valence-electron chi connectivity index (χ1n) is 10.3. The molecule has 0 N–H and O–H groups in total. The fourth-order valence-corrected chi connectivity index (χ4v) is 7.80. The molecule has 11 heteroatoms. The predicted molar refractivity (Wildman–Crippen MR) is 125 cm³/mol. The van der Waals surface area contributed by atoms with Crippen molar-refractivity contribution in [2.45, 2.75) is 43.0 Å². The summed E-state index contributed by atoms with van der Waals surface area (Å²) in [5.41, 5.74) is 0.883. The Balaban J connectivity index is 1.76. The van der Waals surface area contributed by atoms with Crippen LogP contribution in [0.5, 0.6) is 11.5 Å². The van der Waals surface area contributed by atoms with Gasteiger partial charge in [0.2, 0.25) is 0 Å². The number of fused-ring (bicyclic) bond motifs is 1. The Morgan fingerprint density at radius 3 is 2.62 bits per heavy atom. The number of rotatable bonds is 6. The van der Waals surface area contributed by atoms with Gasteiger partial charge in [-0.3, -0.25) is 4.79 Å². The van der Waals surface area contributed by atoms with Crippen LogP contribution in [0.15, 0.2) is 38.8 Å². The number of aromatic nitrogens is 1. The van der Waals surface area contributed by atoms with Crippen LogP contribution in [0.1, 0.15) is 26.2 Å². The van der Waals surface area contributed by atoms with E-state index >= 15 is 0 Å². The average molecular weight is 496 g/mol. The standard InChI is InChI=1S/C21H25N3O5S3/c1-4-23-15-12-16(28-2)17(29-3)13-18(15)31-21(23)22-20(25)14-8-5-6-10-24(14)32(26,27)19-9-7-11-30-19/h7,9,11-14H,4-6,8,10H2,1-3H3. The molecule has 1 saturated heterocycles. The van der Waals surface area contributed by atoms with Gasteiger partial charge in [0.25, 0.3) is 15.9 Å². The van der Waals surface area contributed by atoms with E-state index in [1.807, 2.05) is 23.6 Å². The van der Waals surface area contributed by atoms with Gasteiger partial charge in [0.05, 0.1) is 24.4 Å². The summed E-state index contributed by atoms with van der Waals surface area (Å²) in [7, 11) is -0.578. The summed E-state index contributed by atoms with van der Waals surface area (Å²) in [5, 5.41) is 1.72. The number of carbonyl (C=O) groups excluding carboxylic acids is 1. The SMILES string of the molecule is CCn1c(=NC(=O)C2CCCCN2S(=O)(=O)c2cccs2)sc2cc(OC)c(OC)cc21. The van der Waals surface area contributed by atoms with Crippen molar-refractivity contribution in [2.75, 3.05) is 20.8 Å². The van der Waals surface area contributed by atoms with Crippen LogP contribution in [0, 0.1) is 0 Å². The van der Waals surface area contributed by atoms with E-state index in [9.17, 15) is 13.2 Å². The summed E-state index contributed by atoms with van der Waals surface area (Å²) in [6.07, 6.45) is 1.98. The molecule has 0 aliphatic carbocycles. The van der Waals surface area contributed by atoms with Crippen LogP contribution >= 0.6 is 22.7 Å². The van der Waals surface area contributed by atoms with Crippen molar-refractivity contribution >= 4 is 48.8 Å². The van der Waals surface area contributed by atoms with Crippen molar-refractivity contribution in [1.82, 2.24) is 8.87 Å². The normalized spacial score (nSPS) is 18.2. The molecule has 1 fully saturated rings. The Kier molecular flexibility index (Phi) is 6.70. The molecule has 4 rings (SSSR count). The van der Waals surface area contributed by atoms with Crippen LogP contribution in [0.3, 0.4) is 0 Å². The molecule has 172 valence electrons. The van der Waals surface area contributed by atoms with Gasteiger partial charge in [-0.2, -0.15) is 9.30 Å². The number of nitrogens with zero attached hydrogens (tertiary/aromatic N) is 3. The number of thiophene rings is 1. The molecular weight excluding hydrogens is 470 g/mol. The minimum Gasteiger partial charge on any atom is -0.493 e. The fourth-order valence-electron chi connectivity index (χ4n) is 3.92. The molecule has 1 aliphatic heterocycles. The van der Waals surface area contributed by atoms with Gasteiger partial charge < -0.3 is 14.0 Å². The third-order valence-electron chi connectivity index (χ3n) is 5.51. The highest BCUT2D eigenvalue weighted by atomic mass is 32.2. The molecular formula is C21H25N3O5S3. The Morgan fingerprint density at radius 1 is 1.22 bits per heavy atom. The second-order valence-electron chi connectivity index (χ2n) is 7.31. The monoisotopic (exact) mass is 495 g/mol. The number of benzene rings is 1. The van der Waals surface area contributed by atoms with Gasteiger partial charge in [-0.05, 0) is 31.2 Å². The number of hydrogen-bond donors (Lipinski definition) is 0. The van der Waals surface area contributed by atoms with Crippen LogP contribution in [0.4, 0.5) is 0 Å². The maximum absolute atomic E-state index is 13.3. The molecule has 1 aliphatic rings. The van der Waals surface area contributed by atoms with Gasteiger partial charge in [-0.25, -0.2) is 8.42 Å². The van der Waals surface area contributed by atoms with E-state index in [0.29, 0.717) is 35.8 Å². The summed E-state index contributed by atoms with van der Waals surface area (Å²) in [6.45, 7) is 2.89. The van der Waals surface area contributed by atoms with Crippen molar-refractivity contribution in [3.8, 4) is 11.5 Å². The van der Waals surface area contributed by atoms with Crippen molar-refractivity contribution in [3.63, 3.8) is 0 Å². The Morgan fingerprint density at radius 2 is 1.97 bits per heavy atom. The molecule has 1 aromatic carbocycles. The van der Waals surface area contributed by atoms with E-state index in [4.69, 9.17) is 9.47 Å². The molecule has 0 spiro atoms. The molecule has 0 saturated carbocycles. The molecule has 0 bridgehead atoms. The molecule has 1 unspecified atom stereocenters. The third-order valence-corrected chi connectivity index (χ3v) is 9.83. The number of aryl methyl sites for hydroxylation is 1. The Bertz CT molecular complexity index is 1290. The molecule has 8 nitrogen and oxygen atoms in total. The first kappa shape index (κ1) is 23.0. The second-order valence-corrected chi connectivity index (χ2v) is 11.4. The summed E-state index contributed by atoms with van der Waals surface area (Å²) in [6, 6.07) is 6.21. The molecule has 2 aromatic heterocycles. The molecule has 1 atom stereocenters. The molecule has 3 heterocycles.